The van der Waals surface area contributed by atoms with Gasteiger partial charge in [0.05, 0.1) is 16.8 Å². The summed E-state index contributed by atoms with van der Waals surface area (Å²) in [5, 5.41) is 2.41. The molecule has 0 saturated heterocycles. The van der Waals surface area contributed by atoms with E-state index in [9.17, 15) is 9.59 Å². The van der Waals surface area contributed by atoms with Crippen molar-refractivity contribution < 1.29 is 14.3 Å². The standard InChI is InChI=1S/C10H13NO3Si/c12-9(15)6-11-10(13)14-7-8-4-2-1-3-5-8/h1-5H,6-7H2,15H3,(H,11,13). The van der Waals surface area contributed by atoms with E-state index in [-0.39, 0.29) is 18.6 Å². The minimum absolute atomic E-state index is 0.0339. The van der Waals surface area contributed by atoms with Gasteiger partial charge in [-0.3, -0.25) is 0 Å². The summed E-state index contributed by atoms with van der Waals surface area (Å²) in [6.45, 7) is 0.294. The summed E-state index contributed by atoms with van der Waals surface area (Å²) in [6, 6.07) is 9.37. The maximum Gasteiger partial charge on any atom is 0.407 e. The highest BCUT2D eigenvalue weighted by molar-refractivity contribution is 6.58. The molecular formula is C10H13NO3Si. The normalized spacial score (nSPS) is 9.60. The van der Waals surface area contributed by atoms with Gasteiger partial charge in [-0.15, -0.1) is 0 Å². The molecule has 0 saturated carbocycles. The average Bonchev–Trinajstić information content (AvgIpc) is 2.25. The van der Waals surface area contributed by atoms with Crippen molar-refractivity contribution in [1.82, 2.24) is 5.32 Å². The number of alkyl carbamates (subject to hydrolysis) is 1. The molecule has 1 aromatic rings. The van der Waals surface area contributed by atoms with Crippen LogP contribution in [0.2, 0.25) is 0 Å². The number of carbonyl (C=O) groups is 2. The number of hydrogen-bond acceptors (Lipinski definition) is 3. The van der Waals surface area contributed by atoms with E-state index in [1.54, 1.807) is 0 Å². The summed E-state index contributed by atoms with van der Waals surface area (Å²) >= 11 is 0. The summed E-state index contributed by atoms with van der Waals surface area (Å²) in [6.07, 6.45) is -0.553. The summed E-state index contributed by atoms with van der Waals surface area (Å²) < 4.78 is 4.89. The van der Waals surface area contributed by atoms with E-state index in [1.165, 1.54) is 0 Å². The zero-order valence-corrected chi connectivity index (χ0v) is 10.5. The maximum atomic E-state index is 11.1. The highest BCUT2D eigenvalue weighted by Crippen LogP contribution is 2.00. The van der Waals surface area contributed by atoms with E-state index < -0.39 is 6.09 Å². The lowest BCUT2D eigenvalue weighted by Gasteiger charge is -2.05. The topological polar surface area (TPSA) is 55.4 Å². The van der Waals surface area contributed by atoms with Crippen molar-refractivity contribution in [1.29, 1.82) is 0 Å². The summed E-state index contributed by atoms with van der Waals surface area (Å²) in [5.74, 6) is 0. The molecule has 0 radical (unpaired) electrons. The second kappa shape index (κ2) is 5.97. The molecule has 0 aliphatic rings. The Balaban J connectivity index is 2.26. The quantitative estimate of drug-likeness (QED) is 0.720. The fraction of sp³-hybridized carbons (Fsp3) is 0.200. The van der Waals surface area contributed by atoms with Gasteiger partial charge in [-0.05, 0) is 5.56 Å². The van der Waals surface area contributed by atoms with E-state index in [0.29, 0.717) is 10.2 Å². The molecule has 0 aliphatic heterocycles. The van der Waals surface area contributed by atoms with Crippen LogP contribution in [0.1, 0.15) is 5.56 Å². The molecule has 0 aliphatic carbocycles. The molecule has 0 spiro atoms. The van der Waals surface area contributed by atoms with Crippen molar-refractivity contribution >= 4 is 21.7 Å². The van der Waals surface area contributed by atoms with Crippen LogP contribution >= 0.6 is 0 Å². The van der Waals surface area contributed by atoms with E-state index in [2.05, 4.69) is 5.32 Å². The number of rotatable bonds is 4. The smallest absolute Gasteiger partial charge is 0.407 e. The predicted octanol–water partition coefficient (Wildman–Crippen LogP) is -0.195. The molecule has 0 unspecified atom stereocenters. The van der Waals surface area contributed by atoms with Crippen LogP contribution in [-0.4, -0.2) is 28.3 Å². The highest BCUT2D eigenvalue weighted by atomic mass is 28.1. The van der Waals surface area contributed by atoms with Crippen molar-refractivity contribution in [3.63, 3.8) is 0 Å². The van der Waals surface area contributed by atoms with Gasteiger partial charge < -0.3 is 14.8 Å². The zero-order chi connectivity index (χ0) is 11.1. The van der Waals surface area contributed by atoms with Crippen LogP contribution in [0.4, 0.5) is 4.79 Å². The van der Waals surface area contributed by atoms with Crippen LogP contribution in [0.25, 0.3) is 0 Å². The number of carbonyl (C=O) groups excluding carboxylic acids is 2. The van der Waals surface area contributed by atoms with Gasteiger partial charge in [0.25, 0.3) is 0 Å². The summed E-state index contributed by atoms with van der Waals surface area (Å²) in [5.41, 5.74) is 0.921. The third-order valence-corrected chi connectivity index (χ3v) is 2.05. The van der Waals surface area contributed by atoms with Crippen molar-refractivity contribution in [3.8, 4) is 0 Å². The first kappa shape index (κ1) is 11.5. The predicted molar refractivity (Wildman–Crippen MR) is 59.6 cm³/mol. The molecular weight excluding hydrogens is 210 g/mol. The number of amides is 1. The lowest BCUT2D eigenvalue weighted by molar-refractivity contribution is -0.111. The molecule has 0 fully saturated rings. The van der Waals surface area contributed by atoms with Crippen LogP contribution < -0.4 is 5.32 Å². The molecule has 1 N–H and O–H groups in total. The molecule has 1 aromatic carbocycles. The summed E-state index contributed by atoms with van der Waals surface area (Å²) in [7, 11) is 0.445. The molecule has 1 rings (SSSR count). The first-order valence-corrected chi connectivity index (χ1v) is 5.62. The van der Waals surface area contributed by atoms with Crippen LogP contribution in [0.5, 0.6) is 0 Å². The van der Waals surface area contributed by atoms with E-state index in [0.717, 1.165) is 5.56 Å². The molecule has 5 heteroatoms. The van der Waals surface area contributed by atoms with Crippen molar-refractivity contribution in [3.05, 3.63) is 35.9 Å². The third kappa shape index (κ3) is 4.97. The first-order chi connectivity index (χ1) is 7.18. The molecule has 0 aromatic heterocycles. The van der Waals surface area contributed by atoms with Gasteiger partial charge in [-0.2, -0.15) is 0 Å². The number of benzene rings is 1. The number of ether oxygens (including phenoxy) is 1. The first-order valence-electron chi connectivity index (χ1n) is 4.62. The molecule has 1 amide bonds. The Labute approximate surface area is 91.0 Å². The number of hydrogen-bond donors (Lipinski definition) is 1. The lowest BCUT2D eigenvalue weighted by Crippen LogP contribution is -2.29. The number of nitrogens with one attached hydrogen (secondary N) is 1. The molecule has 80 valence electrons. The zero-order valence-electron chi connectivity index (χ0n) is 8.53. The monoisotopic (exact) mass is 223 g/mol. The maximum absolute atomic E-state index is 11.1. The Morgan fingerprint density at radius 3 is 2.53 bits per heavy atom. The van der Waals surface area contributed by atoms with E-state index in [4.69, 9.17) is 4.74 Å². The van der Waals surface area contributed by atoms with Gasteiger partial charge in [0, 0.05) is 0 Å². The Morgan fingerprint density at radius 1 is 1.27 bits per heavy atom. The second-order valence-corrected chi connectivity index (χ2v) is 4.23. The molecule has 0 atom stereocenters. The van der Waals surface area contributed by atoms with Gasteiger partial charge in [0.1, 0.15) is 12.0 Å². The minimum atomic E-state index is -0.553. The fourth-order valence-corrected chi connectivity index (χ4v) is 1.15. The Morgan fingerprint density at radius 2 is 1.93 bits per heavy atom. The molecule has 4 nitrogen and oxygen atoms in total. The van der Waals surface area contributed by atoms with E-state index in [1.807, 2.05) is 30.3 Å². The second-order valence-electron chi connectivity index (χ2n) is 3.12. The average molecular weight is 223 g/mol. The van der Waals surface area contributed by atoms with Crippen molar-refractivity contribution in [2.45, 2.75) is 6.61 Å². The van der Waals surface area contributed by atoms with Crippen LogP contribution in [0.15, 0.2) is 30.3 Å². The van der Waals surface area contributed by atoms with Crippen LogP contribution in [-0.2, 0) is 16.1 Å². The SMILES string of the molecule is O=C([SiH3])CNC(=O)OCc1ccccc1. The van der Waals surface area contributed by atoms with Crippen molar-refractivity contribution in [2.75, 3.05) is 6.54 Å². The largest absolute Gasteiger partial charge is 0.445 e. The minimum Gasteiger partial charge on any atom is -0.445 e. The summed E-state index contributed by atoms with van der Waals surface area (Å²) in [4.78, 5) is 21.7. The van der Waals surface area contributed by atoms with Gasteiger partial charge >= 0.3 is 6.09 Å². The van der Waals surface area contributed by atoms with Gasteiger partial charge in [-0.25, -0.2) is 4.79 Å². The molecule has 0 bridgehead atoms. The Hall–Kier alpha value is -1.62. The Bertz CT molecular complexity index is 340. The van der Waals surface area contributed by atoms with Crippen LogP contribution in [0, 0.1) is 0 Å². The van der Waals surface area contributed by atoms with Gasteiger partial charge in [0.2, 0.25) is 0 Å². The Kier molecular flexibility index (Phi) is 4.56. The van der Waals surface area contributed by atoms with E-state index >= 15 is 0 Å². The molecule has 15 heavy (non-hydrogen) atoms. The van der Waals surface area contributed by atoms with Gasteiger partial charge in [-0.1, -0.05) is 30.3 Å². The third-order valence-electron chi connectivity index (χ3n) is 1.69. The van der Waals surface area contributed by atoms with Gasteiger partial charge in [0.15, 0.2) is 0 Å². The van der Waals surface area contributed by atoms with Crippen molar-refractivity contribution in [2.24, 2.45) is 0 Å². The van der Waals surface area contributed by atoms with Crippen LogP contribution in [0.3, 0.4) is 0 Å². The lowest BCUT2D eigenvalue weighted by atomic mass is 10.2. The fourth-order valence-electron chi connectivity index (χ4n) is 0.971. The highest BCUT2D eigenvalue weighted by Gasteiger charge is 2.02. The molecule has 0 heterocycles.